The number of hydrogen-bond donors (Lipinski definition) is 1. The summed E-state index contributed by atoms with van der Waals surface area (Å²) in [6, 6.07) is 7.67. The van der Waals surface area contributed by atoms with E-state index >= 15 is 0 Å². The molecular formula is C27H34N2O4. The monoisotopic (exact) mass is 450 g/mol. The molecule has 4 rings (SSSR count). The standard InChI is InChI=1S/C25H28N2O4.C2H6/c1-22(2)14-8-9-15-19-16(24(4,20(30)26-6)23(15,3)12-28)10-11-17(18(14)19)25(22,5)21(31)27(7)13-29;1-2/h8-13H,1-7H3,(H,26,30);1-2H3. The number of nitrogens with one attached hydrogen (secondary N) is 1. The molecule has 2 aliphatic carbocycles. The third kappa shape index (κ3) is 2.49. The number of carbonyl (C=O) groups excluding carboxylic acids is 4. The van der Waals surface area contributed by atoms with Crippen molar-refractivity contribution >= 4 is 35.3 Å². The van der Waals surface area contributed by atoms with Gasteiger partial charge in [0.15, 0.2) is 0 Å². The third-order valence-corrected chi connectivity index (χ3v) is 8.58. The Morgan fingerprint density at radius 1 is 0.818 bits per heavy atom. The quantitative estimate of drug-likeness (QED) is 0.723. The fourth-order valence-electron chi connectivity index (χ4n) is 6.01. The maximum atomic E-state index is 13.4. The van der Waals surface area contributed by atoms with Crippen LogP contribution in [0.25, 0.3) is 10.8 Å². The van der Waals surface area contributed by atoms with E-state index in [9.17, 15) is 19.2 Å². The molecule has 6 heteroatoms. The summed E-state index contributed by atoms with van der Waals surface area (Å²) in [7, 11) is 3.05. The molecular weight excluding hydrogens is 416 g/mol. The highest BCUT2D eigenvalue weighted by Gasteiger charge is 2.62. The first-order valence-corrected chi connectivity index (χ1v) is 11.4. The Morgan fingerprint density at radius 3 is 1.76 bits per heavy atom. The molecule has 0 saturated heterocycles. The zero-order valence-electron chi connectivity index (χ0n) is 21.0. The second kappa shape index (κ2) is 7.51. The van der Waals surface area contributed by atoms with Gasteiger partial charge in [-0.05, 0) is 53.8 Å². The highest BCUT2D eigenvalue weighted by molar-refractivity contribution is 6.13. The molecule has 1 N–H and O–H groups in total. The molecule has 176 valence electrons. The smallest absolute Gasteiger partial charge is 0.239 e. The van der Waals surface area contributed by atoms with Crippen LogP contribution in [0.15, 0.2) is 24.3 Å². The Bertz CT molecular complexity index is 1200. The molecule has 2 aromatic rings. The van der Waals surface area contributed by atoms with Crippen LogP contribution in [0.2, 0.25) is 0 Å². The average molecular weight is 451 g/mol. The number of benzene rings is 2. The Kier molecular flexibility index (Phi) is 5.60. The summed E-state index contributed by atoms with van der Waals surface area (Å²) < 4.78 is 0. The number of imide groups is 1. The lowest BCUT2D eigenvalue weighted by atomic mass is 9.63. The average Bonchev–Trinajstić information content (AvgIpc) is 3.15. The summed E-state index contributed by atoms with van der Waals surface area (Å²) in [6.45, 7) is 13.5. The first kappa shape index (κ1) is 24.6. The fraction of sp³-hybridized carbons (Fsp3) is 0.481. The van der Waals surface area contributed by atoms with E-state index in [-0.39, 0.29) is 11.8 Å². The Hall–Kier alpha value is -3.02. The topological polar surface area (TPSA) is 83.6 Å². The van der Waals surface area contributed by atoms with E-state index < -0.39 is 21.7 Å². The van der Waals surface area contributed by atoms with E-state index in [4.69, 9.17) is 0 Å². The van der Waals surface area contributed by atoms with Crippen LogP contribution in [-0.4, -0.2) is 43.5 Å². The van der Waals surface area contributed by atoms with Crippen LogP contribution in [0.4, 0.5) is 0 Å². The van der Waals surface area contributed by atoms with Crippen molar-refractivity contribution in [3.63, 3.8) is 0 Å². The number of carbonyl (C=O) groups is 4. The minimum Gasteiger partial charge on any atom is -0.358 e. The van der Waals surface area contributed by atoms with Gasteiger partial charge in [0.25, 0.3) is 0 Å². The predicted octanol–water partition coefficient (Wildman–Crippen LogP) is 3.50. The number of amides is 3. The molecule has 2 aromatic carbocycles. The highest BCUT2D eigenvalue weighted by atomic mass is 16.2. The summed E-state index contributed by atoms with van der Waals surface area (Å²) in [5, 5.41) is 4.52. The number of hydrogen-bond acceptors (Lipinski definition) is 4. The lowest BCUT2D eigenvalue weighted by Crippen LogP contribution is -2.53. The maximum Gasteiger partial charge on any atom is 0.239 e. The summed E-state index contributed by atoms with van der Waals surface area (Å²) >= 11 is 0. The second-order valence-corrected chi connectivity index (χ2v) is 9.87. The molecule has 0 fully saturated rings. The van der Waals surface area contributed by atoms with Crippen molar-refractivity contribution in [3.05, 3.63) is 46.5 Å². The van der Waals surface area contributed by atoms with E-state index in [1.54, 1.807) is 14.0 Å². The molecule has 3 atom stereocenters. The van der Waals surface area contributed by atoms with Crippen LogP contribution >= 0.6 is 0 Å². The van der Waals surface area contributed by atoms with Gasteiger partial charge in [0.1, 0.15) is 6.29 Å². The summed E-state index contributed by atoms with van der Waals surface area (Å²) in [6.07, 6.45) is 1.40. The van der Waals surface area contributed by atoms with E-state index in [0.717, 1.165) is 44.2 Å². The van der Waals surface area contributed by atoms with Gasteiger partial charge >= 0.3 is 0 Å². The number of likely N-dealkylation sites (N-methyl/N-ethyl adjacent to an activating group) is 2. The summed E-state index contributed by atoms with van der Waals surface area (Å²) in [5.41, 5.74) is -0.354. The van der Waals surface area contributed by atoms with Crippen LogP contribution in [0.1, 0.15) is 70.7 Å². The third-order valence-electron chi connectivity index (χ3n) is 8.58. The van der Waals surface area contributed by atoms with Gasteiger partial charge in [0.2, 0.25) is 18.2 Å². The first-order valence-electron chi connectivity index (χ1n) is 11.4. The lowest BCUT2D eigenvalue weighted by molar-refractivity contribution is -0.142. The van der Waals surface area contributed by atoms with Crippen molar-refractivity contribution in [3.8, 4) is 0 Å². The SMILES string of the molecule is CC.CNC(=O)C1(C)c2ccc3c4c(ccc(c24)C1(C)C=O)C(C)(C)C3(C)C(=O)N(C)C=O. The van der Waals surface area contributed by atoms with Gasteiger partial charge in [-0.1, -0.05) is 52.0 Å². The zero-order chi connectivity index (χ0) is 25.1. The molecule has 0 heterocycles. The van der Waals surface area contributed by atoms with E-state index in [0.29, 0.717) is 6.41 Å². The predicted molar refractivity (Wildman–Crippen MR) is 129 cm³/mol. The number of aldehydes is 1. The van der Waals surface area contributed by atoms with Crippen molar-refractivity contribution < 1.29 is 19.2 Å². The minimum absolute atomic E-state index is 0.230. The highest BCUT2D eigenvalue weighted by Crippen LogP contribution is 2.61. The van der Waals surface area contributed by atoms with Crippen molar-refractivity contribution in [2.24, 2.45) is 0 Å². The van der Waals surface area contributed by atoms with Gasteiger partial charge in [0.05, 0.1) is 16.2 Å². The number of rotatable bonds is 4. The molecule has 33 heavy (non-hydrogen) atoms. The first-order chi connectivity index (χ1) is 15.4. The zero-order valence-corrected chi connectivity index (χ0v) is 21.0. The van der Waals surface area contributed by atoms with Gasteiger partial charge in [0, 0.05) is 19.5 Å². The maximum absolute atomic E-state index is 13.4. The van der Waals surface area contributed by atoms with Crippen molar-refractivity contribution in [1.29, 1.82) is 0 Å². The summed E-state index contributed by atoms with van der Waals surface area (Å²) in [4.78, 5) is 51.6. The number of nitrogens with zero attached hydrogens (tertiary/aromatic N) is 1. The Balaban J connectivity index is 0.00000149. The molecule has 3 amide bonds. The minimum atomic E-state index is -1.09. The molecule has 0 aromatic heterocycles. The Labute approximate surface area is 195 Å². The molecule has 6 nitrogen and oxygen atoms in total. The second-order valence-electron chi connectivity index (χ2n) is 9.87. The molecule has 2 aliphatic rings. The van der Waals surface area contributed by atoms with Crippen LogP contribution in [0.5, 0.6) is 0 Å². The van der Waals surface area contributed by atoms with Crippen molar-refractivity contribution in [2.45, 2.75) is 70.1 Å². The Morgan fingerprint density at radius 2 is 1.27 bits per heavy atom. The van der Waals surface area contributed by atoms with Gasteiger partial charge in [-0.15, -0.1) is 0 Å². The molecule has 0 saturated carbocycles. The van der Waals surface area contributed by atoms with Crippen LogP contribution in [0, 0.1) is 0 Å². The van der Waals surface area contributed by atoms with Crippen LogP contribution in [-0.2, 0) is 40.8 Å². The largest absolute Gasteiger partial charge is 0.358 e. The van der Waals surface area contributed by atoms with Gasteiger partial charge < -0.3 is 10.1 Å². The molecule has 0 aliphatic heterocycles. The van der Waals surface area contributed by atoms with E-state index in [1.807, 2.05) is 65.8 Å². The fourth-order valence-corrected chi connectivity index (χ4v) is 6.01. The van der Waals surface area contributed by atoms with Gasteiger partial charge in [-0.25, -0.2) is 0 Å². The van der Waals surface area contributed by atoms with E-state index in [1.165, 1.54) is 7.05 Å². The molecule has 0 bridgehead atoms. The van der Waals surface area contributed by atoms with Gasteiger partial charge in [-0.3, -0.25) is 19.3 Å². The normalized spacial score (nSPS) is 28.0. The lowest BCUT2D eigenvalue weighted by Gasteiger charge is -2.40. The van der Waals surface area contributed by atoms with E-state index in [2.05, 4.69) is 5.32 Å². The van der Waals surface area contributed by atoms with Crippen molar-refractivity contribution in [2.75, 3.05) is 14.1 Å². The molecule has 0 spiro atoms. The van der Waals surface area contributed by atoms with Crippen LogP contribution < -0.4 is 5.32 Å². The van der Waals surface area contributed by atoms with Crippen molar-refractivity contribution in [1.82, 2.24) is 10.2 Å². The molecule has 3 unspecified atom stereocenters. The summed E-state index contributed by atoms with van der Waals surface area (Å²) in [5.74, 6) is -0.516. The van der Waals surface area contributed by atoms with Crippen LogP contribution in [0.3, 0.4) is 0 Å². The molecule has 0 radical (unpaired) electrons. The van der Waals surface area contributed by atoms with Gasteiger partial charge in [-0.2, -0.15) is 0 Å².